The highest BCUT2D eigenvalue weighted by atomic mass is 16.6. The molecule has 0 aromatic rings. The Morgan fingerprint density at radius 3 is 2.82 bits per heavy atom. The van der Waals surface area contributed by atoms with E-state index in [-0.39, 0.29) is 12.2 Å². The molecule has 4 nitrogen and oxygen atoms in total. The van der Waals surface area contributed by atoms with E-state index in [0.717, 1.165) is 19.4 Å². The van der Waals surface area contributed by atoms with Gasteiger partial charge in [-0.2, -0.15) is 0 Å². The molecular weight excluding hydrogens is 218 g/mol. The van der Waals surface area contributed by atoms with Gasteiger partial charge >= 0.3 is 6.09 Å². The predicted octanol–water partition coefficient (Wildman–Crippen LogP) is 2.04. The molecular formula is C13H21NO3. The van der Waals surface area contributed by atoms with Crippen LogP contribution < -0.4 is 0 Å². The van der Waals surface area contributed by atoms with Gasteiger partial charge in [0.2, 0.25) is 0 Å². The Balaban J connectivity index is 2.43. The van der Waals surface area contributed by atoms with Gasteiger partial charge in [-0.1, -0.05) is 5.92 Å². The molecule has 0 bridgehead atoms. The standard InChI is InChI=1S/C13H21NO3/c1-5-9-16-11-7-6-8-14(10-11)12(15)17-13(2,3)4/h1,11H,6-10H2,2-4H3/t11-/m1/s1. The molecule has 17 heavy (non-hydrogen) atoms. The molecule has 0 aromatic carbocycles. The molecule has 0 N–H and O–H groups in total. The van der Waals surface area contributed by atoms with Crippen LogP contribution in [-0.2, 0) is 9.47 Å². The van der Waals surface area contributed by atoms with Gasteiger partial charge in [0.1, 0.15) is 12.2 Å². The van der Waals surface area contributed by atoms with E-state index in [1.165, 1.54) is 0 Å². The molecule has 0 radical (unpaired) electrons. The summed E-state index contributed by atoms with van der Waals surface area (Å²) in [6.07, 6.45) is 6.78. The zero-order chi connectivity index (χ0) is 12.9. The number of amides is 1. The first-order valence-electron chi connectivity index (χ1n) is 5.95. The van der Waals surface area contributed by atoms with Gasteiger partial charge in [-0.3, -0.25) is 0 Å². The third-order valence-corrected chi connectivity index (χ3v) is 2.43. The SMILES string of the molecule is C#CCO[C@@H]1CCCN(C(=O)OC(C)(C)C)C1. The first-order chi connectivity index (χ1) is 7.92. The maximum Gasteiger partial charge on any atom is 0.410 e. The Labute approximate surface area is 103 Å². The second-order valence-corrected chi connectivity index (χ2v) is 5.21. The van der Waals surface area contributed by atoms with Gasteiger partial charge in [0, 0.05) is 6.54 Å². The lowest BCUT2D eigenvalue weighted by atomic mass is 10.1. The minimum Gasteiger partial charge on any atom is -0.444 e. The molecule has 1 heterocycles. The molecule has 0 aromatic heterocycles. The molecule has 1 saturated heterocycles. The predicted molar refractivity (Wildman–Crippen MR) is 65.6 cm³/mol. The molecule has 1 atom stereocenters. The van der Waals surface area contributed by atoms with Crippen LogP contribution in [0.5, 0.6) is 0 Å². The third kappa shape index (κ3) is 5.10. The fraction of sp³-hybridized carbons (Fsp3) is 0.769. The fourth-order valence-electron chi connectivity index (χ4n) is 1.73. The minimum absolute atomic E-state index is 0.0346. The minimum atomic E-state index is -0.455. The van der Waals surface area contributed by atoms with E-state index in [1.807, 2.05) is 20.8 Å². The zero-order valence-electron chi connectivity index (χ0n) is 10.9. The molecule has 0 unspecified atom stereocenters. The van der Waals surface area contributed by atoms with Crippen molar-refractivity contribution in [2.45, 2.75) is 45.3 Å². The number of piperidine rings is 1. The Morgan fingerprint density at radius 2 is 2.24 bits per heavy atom. The largest absolute Gasteiger partial charge is 0.444 e. The summed E-state index contributed by atoms with van der Waals surface area (Å²) in [5.74, 6) is 2.44. The number of likely N-dealkylation sites (tertiary alicyclic amines) is 1. The zero-order valence-corrected chi connectivity index (χ0v) is 10.9. The van der Waals surface area contributed by atoms with Crippen LogP contribution in [0.3, 0.4) is 0 Å². The third-order valence-electron chi connectivity index (χ3n) is 2.43. The Kier molecular flexibility index (Phi) is 4.83. The van der Waals surface area contributed by atoms with Crippen LogP contribution in [0.1, 0.15) is 33.6 Å². The first-order valence-corrected chi connectivity index (χ1v) is 5.95. The number of terminal acetylenes is 1. The molecule has 0 saturated carbocycles. The smallest absolute Gasteiger partial charge is 0.410 e. The van der Waals surface area contributed by atoms with Crippen LogP contribution in [0.4, 0.5) is 4.79 Å². The summed E-state index contributed by atoms with van der Waals surface area (Å²) in [4.78, 5) is 13.5. The van der Waals surface area contributed by atoms with E-state index in [2.05, 4.69) is 5.92 Å². The van der Waals surface area contributed by atoms with Crippen LogP contribution in [0.25, 0.3) is 0 Å². The van der Waals surface area contributed by atoms with Crippen molar-refractivity contribution >= 4 is 6.09 Å². The molecule has 1 amide bonds. The topological polar surface area (TPSA) is 38.8 Å². The maximum absolute atomic E-state index is 11.8. The fourth-order valence-corrected chi connectivity index (χ4v) is 1.73. The van der Waals surface area contributed by atoms with Gasteiger partial charge in [-0.15, -0.1) is 6.42 Å². The first kappa shape index (κ1) is 13.9. The van der Waals surface area contributed by atoms with E-state index in [9.17, 15) is 4.79 Å². The van der Waals surface area contributed by atoms with E-state index < -0.39 is 5.60 Å². The van der Waals surface area contributed by atoms with Gasteiger partial charge in [0.15, 0.2) is 0 Å². The number of carbonyl (C=O) groups excluding carboxylic acids is 1. The number of carbonyl (C=O) groups is 1. The number of nitrogens with zero attached hydrogens (tertiary/aromatic N) is 1. The highest BCUT2D eigenvalue weighted by molar-refractivity contribution is 5.68. The number of ether oxygens (including phenoxy) is 2. The van der Waals surface area contributed by atoms with Gasteiger partial charge in [0.05, 0.1) is 12.6 Å². The van der Waals surface area contributed by atoms with Crippen LogP contribution >= 0.6 is 0 Å². The van der Waals surface area contributed by atoms with Crippen molar-refractivity contribution in [2.24, 2.45) is 0 Å². The summed E-state index contributed by atoms with van der Waals surface area (Å²) < 4.78 is 10.8. The number of hydrogen-bond donors (Lipinski definition) is 0. The van der Waals surface area contributed by atoms with Crippen LogP contribution in [0.15, 0.2) is 0 Å². The molecule has 0 spiro atoms. The Morgan fingerprint density at radius 1 is 1.53 bits per heavy atom. The summed E-state index contributed by atoms with van der Waals surface area (Å²) in [7, 11) is 0. The molecule has 1 fully saturated rings. The van der Waals surface area contributed by atoms with Crippen molar-refractivity contribution in [1.82, 2.24) is 4.90 Å². The highest BCUT2D eigenvalue weighted by Gasteiger charge is 2.27. The summed E-state index contributed by atoms with van der Waals surface area (Å²) in [6, 6.07) is 0. The molecule has 96 valence electrons. The van der Waals surface area contributed by atoms with Gasteiger partial charge in [-0.25, -0.2) is 4.79 Å². The molecule has 1 rings (SSSR count). The van der Waals surface area contributed by atoms with Crippen molar-refractivity contribution < 1.29 is 14.3 Å². The second-order valence-electron chi connectivity index (χ2n) is 5.21. The lowest BCUT2D eigenvalue weighted by molar-refractivity contribution is -0.0124. The van der Waals surface area contributed by atoms with Crippen molar-refractivity contribution in [2.75, 3.05) is 19.7 Å². The molecule has 1 aliphatic rings. The van der Waals surface area contributed by atoms with Crippen molar-refractivity contribution in [3.63, 3.8) is 0 Å². The van der Waals surface area contributed by atoms with Crippen molar-refractivity contribution in [3.8, 4) is 12.3 Å². The normalized spacial score (nSPS) is 20.8. The van der Waals surface area contributed by atoms with E-state index in [0.29, 0.717) is 13.2 Å². The van der Waals surface area contributed by atoms with Gasteiger partial charge in [0.25, 0.3) is 0 Å². The molecule has 0 aliphatic carbocycles. The quantitative estimate of drug-likeness (QED) is 0.692. The van der Waals surface area contributed by atoms with E-state index >= 15 is 0 Å². The number of hydrogen-bond acceptors (Lipinski definition) is 3. The molecule has 1 aliphatic heterocycles. The summed E-state index contributed by atoms with van der Waals surface area (Å²) in [5.41, 5.74) is -0.455. The van der Waals surface area contributed by atoms with Crippen LogP contribution in [-0.4, -0.2) is 42.4 Å². The van der Waals surface area contributed by atoms with Gasteiger partial charge < -0.3 is 14.4 Å². The lowest BCUT2D eigenvalue weighted by Crippen LogP contribution is -2.45. The molecule has 4 heteroatoms. The lowest BCUT2D eigenvalue weighted by Gasteiger charge is -2.33. The van der Waals surface area contributed by atoms with Crippen LogP contribution in [0.2, 0.25) is 0 Å². The summed E-state index contributed by atoms with van der Waals surface area (Å²) in [5, 5.41) is 0. The second kappa shape index (κ2) is 5.92. The summed E-state index contributed by atoms with van der Waals surface area (Å²) in [6.45, 7) is 7.18. The Bertz CT molecular complexity index is 301. The highest BCUT2D eigenvalue weighted by Crippen LogP contribution is 2.16. The average Bonchev–Trinajstić information content (AvgIpc) is 2.24. The van der Waals surface area contributed by atoms with Gasteiger partial charge in [-0.05, 0) is 33.6 Å². The van der Waals surface area contributed by atoms with Crippen molar-refractivity contribution in [1.29, 1.82) is 0 Å². The summed E-state index contributed by atoms with van der Waals surface area (Å²) >= 11 is 0. The van der Waals surface area contributed by atoms with E-state index in [1.54, 1.807) is 4.90 Å². The van der Waals surface area contributed by atoms with Crippen LogP contribution in [0, 0.1) is 12.3 Å². The van der Waals surface area contributed by atoms with Crippen molar-refractivity contribution in [3.05, 3.63) is 0 Å². The van der Waals surface area contributed by atoms with E-state index in [4.69, 9.17) is 15.9 Å². The maximum atomic E-state index is 11.8. The Hall–Kier alpha value is -1.21. The monoisotopic (exact) mass is 239 g/mol. The number of rotatable bonds is 2. The average molecular weight is 239 g/mol.